The van der Waals surface area contributed by atoms with E-state index in [1.165, 1.54) is 5.69 Å². The highest BCUT2D eigenvalue weighted by Crippen LogP contribution is 2.37. The molecule has 1 saturated heterocycles. The highest BCUT2D eigenvalue weighted by molar-refractivity contribution is 5.97. The fraction of sp³-hybridized carbons (Fsp3) is 0.333. The molecule has 36 heavy (non-hydrogen) atoms. The zero-order chi connectivity index (χ0) is 24.6. The average Bonchev–Trinajstić information content (AvgIpc) is 3.31. The molecule has 9 nitrogen and oxygen atoms in total. The summed E-state index contributed by atoms with van der Waals surface area (Å²) >= 11 is 0. The van der Waals surface area contributed by atoms with E-state index in [4.69, 9.17) is 9.84 Å². The van der Waals surface area contributed by atoms with Crippen LogP contribution in [0.15, 0.2) is 42.9 Å². The van der Waals surface area contributed by atoms with Crippen LogP contribution in [0.1, 0.15) is 47.7 Å². The topological polar surface area (TPSA) is 103 Å². The molecule has 0 bridgehead atoms. The largest absolute Gasteiger partial charge is 0.381 e. The second-order valence-electron chi connectivity index (χ2n) is 9.30. The summed E-state index contributed by atoms with van der Waals surface area (Å²) in [5.41, 5.74) is 5.74. The molecule has 1 fully saturated rings. The summed E-state index contributed by atoms with van der Waals surface area (Å²) in [6.45, 7) is 4.38. The van der Waals surface area contributed by atoms with Gasteiger partial charge in [0, 0.05) is 86.0 Å². The molecule has 0 N–H and O–H groups in total. The zero-order valence-corrected chi connectivity index (χ0v) is 20.1. The lowest BCUT2D eigenvalue weighted by Gasteiger charge is -2.29. The standard InChI is InChI=1S/C27H26N6O3/c1-17(35)32-8-5-25-23(15-32)27(31-33(25)20-6-9-36-10-7-20)21-4-2-3-18-11-24(28-14-22(18)21)19-12-29-26(16-34)30-13-19/h2-4,11-14,16,20H,5-10,15H2,1H3. The highest BCUT2D eigenvalue weighted by atomic mass is 16.5. The third-order valence-electron chi connectivity index (χ3n) is 7.16. The SMILES string of the molecule is CC(=O)N1CCc2c(c(-c3cccc4cc(-c5cnc(C=O)nc5)ncc34)nn2C2CCOCC2)C1. The molecule has 2 aliphatic rings. The fourth-order valence-electron chi connectivity index (χ4n) is 5.23. The normalized spacial score (nSPS) is 16.2. The maximum atomic E-state index is 12.2. The predicted molar refractivity (Wildman–Crippen MR) is 133 cm³/mol. The second-order valence-corrected chi connectivity index (χ2v) is 9.30. The first kappa shape index (κ1) is 22.5. The molecular weight excluding hydrogens is 456 g/mol. The minimum absolute atomic E-state index is 0.0810. The smallest absolute Gasteiger partial charge is 0.219 e. The number of hydrogen-bond acceptors (Lipinski definition) is 7. The van der Waals surface area contributed by atoms with Crippen molar-refractivity contribution in [3.05, 3.63) is 59.9 Å². The Morgan fingerprint density at radius 3 is 2.67 bits per heavy atom. The molecule has 2 aliphatic heterocycles. The summed E-state index contributed by atoms with van der Waals surface area (Å²) in [5.74, 6) is 0.226. The summed E-state index contributed by atoms with van der Waals surface area (Å²) in [6.07, 6.45) is 8.37. The van der Waals surface area contributed by atoms with Crippen LogP contribution >= 0.6 is 0 Å². The van der Waals surface area contributed by atoms with Crippen LogP contribution in [-0.2, 0) is 22.5 Å². The number of aldehydes is 1. The van der Waals surface area contributed by atoms with Crippen LogP contribution in [0.5, 0.6) is 0 Å². The van der Waals surface area contributed by atoms with E-state index in [-0.39, 0.29) is 11.7 Å². The Labute approximate surface area is 208 Å². The van der Waals surface area contributed by atoms with Crippen LogP contribution in [0.25, 0.3) is 33.3 Å². The molecule has 5 heterocycles. The van der Waals surface area contributed by atoms with E-state index in [9.17, 15) is 9.59 Å². The average molecular weight is 483 g/mol. The Balaban J connectivity index is 1.46. The Morgan fingerprint density at radius 2 is 1.92 bits per heavy atom. The quantitative estimate of drug-likeness (QED) is 0.409. The van der Waals surface area contributed by atoms with Gasteiger partial charge in [0.05, 0.1) is 17.4 Å². The van der Waals surface area contributed by atoms with Crippen molar-refractivity contribution < 1.29 is 14.3 Å². The van der Waals surface area contributed by atoms with E-state index < -0.39 is 0 Å². The molecule has 0 spiro atoms. The maximum absolute atomic E-state index is 12.2. The van der Waals surface area contributed by atoms with Crippen molar-refractivity contribution in [2.75, 3.05) is 19.8 Å². The predicted octanol–water partition coefficient (Wildman–Crippen LogP) is 3.62. The van der Waals surface area contributed by atoms with E-state index in [2.05, 4.69) is 31.8 Å². The number of amides is 1. The van der Waals surface area contributed by atoms with Gasteiger partial charge in [0.25, 0.3) is 0 Å². The molecule has 0 unspecified atom stereocenters. The van der Waals surface area contributed by atoms with Crippen LogP contribution in [-0.4, -0.2) is 61.6 Å². The zero-order valence-electron chi connectivity index (χ0n) is 20.1. The summed E-state index contributed by atoms with van der Waals surface area (Å²) < 4.78 is 7.80. The molecule has 0 radical (unpaired) electrons. The van der Waals surface area contributed by atoms with Gasteiger partial charge in [-0.1, -0.05) is 18.2 Å². The van der Waals surface area contributed by atoms with E-state index in [0.717, 1.165) is 71.3 Å². The Kier molecular flexibility index (Phi) is 5.77. The van der Waals surface area contributed by atoms with Gasteiger partial charge in [-0.15, -0.1) is 0 Å². The van der Waals surface area contributed by atoms with Gasteiger partial charge in [0.2, 0.25) is 5.91 Å². The van der Waals surface area contributed by atoms with Crippen molar-refractivity contribution in [1.82, 2.24) is 29.6 Å². The number of hydrogen-bond donors (Lipinski definition) is 0. The summed E-state index contributed by atoms with van der Waals surface area (Å²) in [4.78, 5) is 37.8. The van der Waals surface area contributed by atoms with Crippen molar-refractivity contribution >= 4 is 23.0 Å². The van der Waals surface area contributed by atoms with Crippen molar-refractivity contribution in [1.29, 1.82) is 0 Å². The van der Waals surface area contributed by atoms with Gasteiger partial charge < -0.3 is 9.64 Å². The van der Waals surface area contributed by atoms with Crippen LogP contribution in [0.2, 0.25) is 0 Å². The molecular formula is C27H26N6O3. The number of carbonyl (C=O) groups is 2. The fourth-order valence-corrected chi connectivity index (χ4v) is 5.23. The molecule has 0 saturated carbocycles. The Bertz CT molecular complexity index is 1460. The lowest BCUT2D eigenvalue weighted by Crippen LogP contribution is -2.35. The molecule has 0 atom stereocenters. The first-order chi connectivity index (χ1) is 17.6. The van der Waals surface area contributed by atoms with Gasteiger partial charge in [0.15, 0.2) is 12.1 Å². The highest BCUT2D eigenvalue weighted by Gasteiger charge is 2.30. The van der Waals surface area contributed by atoms with E-state index in [1.54, 1.807) is 19.3 Å². The van der Waals surface area contributed by atoms with Crippen molar-refractivity contribution in [2.45, 2.75) is 38.8 Å². The number of nitrogens with zero attached hydrogens (tertiary/aromatic N) is 6. The van der Waals surface area contributed by atoms with E-state index in [1.807, 2.05) is 23.2 Å². The monoisotopic (exact) mass is 482 g/mol. The molecule has 3 aromatic heterocycles. The summed E-state index contributed by atoms with van der Waals surface area (Å²) in [6, 6.07) is 8.46. The van der Waals surface area contributed by atoms with Gasteiger partial charge in [0.1, 0.15) is 0 Å². The molecule has 4 aromatic rings. The summed E-state index contributed by atoms with van der Waals surface area (Å²) in [7, 11) is 0. The van der Waals surface area contributed by atoms with Gasteiger partial charge in [-0.05, 0) is 24.3 Å². The molecule has 1 amide bonds. The number of benzene rings is 1. The Hall–Kier alpha value is -3.98. The number of fused-ring (bicyclic) bond motifs is 2. The number of pyridine rings is 1. The minimum Gasteiger partial charge on any atom is -0.381 e. The Morgan fingerprint density at radius 1 is 1.11 bits per heavy atom. The lowest BCUT2D eigenvalue weighted by molar-refractivity contribution is -0.129. The van der Waals surface area contributed by atoms with Crippen molar-refractivity contribution in [3.8, 4) is 22.5 Å². The third kappa shape index (κ3) is 3.95. The van der Waals surface area contributed by atoms with Crippen molar-refractivity contribution in [3.63, 3.8) is 0 Å². The van der Waals surface area contributed by atoms with E-state index in [0.29, 0.717) is 25.4 Å². The van der Waals surface area contributed by atoms with Gasteiger partial charge in [-0.2, -0.15) is 5.10 Å². The number of ether oxygens (including phenoxy) is 1. The number of rotatable bonds is 4. The number of aromatic nitrogens is 5. The molecule has 182 valence electrons. The second kappa shape index (κ2) is 9.23. The first-order valence-electron chi connectivity index (χ1n) is 12.2. The van der Waals surface area contributed by atoms with Crippen LogP contribution < -0.4 is 0 Å². The third-order valence-corrected chi connectivity index (χ3v) is 7.16. The van der Waals surface area contributed by atoms with Gasteiger partial charge in [-0.25, -0.2) is 9.97 Å². The van der Waals surface area contributed by atoms with E-state index >= 15 is 0 Å². The molecule has 0 aliphatic carbocycles. The minimum atomic E-state index is 0.0810. The first-order valence-corrected chi connectivity index (χ1v) is 12.2. The lowest BCUT2D eigenvalue weighted by atomic mass is 9.96. The molecule has 6 rings (SSSR count). The number of carbonyl (C=O) groups excluding carboxylic acids is 2. The van der Waals surface area contributed by atoms with Gasteiger partial charge >= 0.3 is 0 Å². The van der Waals surface area contributed by atoms with Crippen LogP contribution in [0.3, 0.4) is 0 Å². The maximum Gasteiger partial charge on any atom is 0.219 e. The van der Waals surface area contributed by atoms with Crippen LogP contribution in [0, 0.1) is 0 Å². The van der Waals surface area contributed by atoms with Crippen molar-refractivity contribution in [2.24, 2.45) is 0 Å². The van der Waals surface area contributed by atoms with Crippen LogP contribution in [0.4, 0.5) is 0 Å². The van der Waals surface area contributed by atoms with Gasteiger partial charge in [-0.3, -0.25) is 19.3 Å². The molecule has 9 heteroatoms. The molecule has 1 aromatic carbocycles. The summed E-state index contributed by atoms with van der Waals surface area (Å²) in [5, 5.41) is 7.18.